The maximum Gasteiger partial charge on any atom is 0.347 e. The fourth-order valence-electron chi connectivity index (χ4n) is 1.80. The summed E-state index contributed by atoms with van der Waals surface area (Å²) in [4.78, 5) is 25.6. The molecule has 0 fully saturated rings. The summed E-state index contributed by atoms with van der Waals surface area (Å²) in [5, 5.41) is 10.4. The number of aryl methyl sites for hydroxylation is 1. The number of aromatic hydroxyl groups is 1. The maximum absolute atomic E-state index is 11.6. The number of carbonyl (C=O) groups excluding carboxylic acids is 1. The minimum absolute atomic E-state index is 0.339. The number of H-pyrrole nitrogens is 1. The highest BCUT2D eigenvalue weighted by atomic mass is 16.5. The van der Waals surface area contributed by atoms with Crippen LogP contribution in [0, 0.1) is 6.92 Å². The van der Waals surface area contributed by atoms with Gasteiger partial charge in [0.15, 0.2) is 5.56 Å². The Labute approximate surface area is 96.7 Å². The van der Waals surface area contributed by atoms with Gasteiger partial charge in [-0.1, -0.05) is 12.1 Å². The molecule has 0 aliphatic carbocycles. The van der Waals surface area contributed by atoms with Gasteiger partial charge in [0.25, 0.3) is 5.56 Å². The summed E-state index contributed by atoms with van der Waals surface area (Å²) in [6.45, 7) is 1.78. The van der Waals surface area contributed by atoms with Crippen LogP contribution in [-0.2, 0) is 4.74 Å². The summed E-state index contributed by atoms with van der Waals surface area (Å²) >= 11 is 0. The van der Waals surface area contributed by atoms with Crippen molar-refractivity contribution in [2.24, 2.45) is 0 Å². The van der Waals surface area contributed by atoms with E-state index in [0.29, 0.717) is 10.9 Å². The van der Waals surface area contributed by atoms with Gasteiger partial charge in [-0.05, 0) is 18.6 Å². The standard InChI is InChI=1S/C12H11NO4/c1-6-4-3-5-7-8(6)10(14)9(11(15)13-7)12(16)17-2/h3-5H,1-2H3,(H2,13,14,15). The van der Waals surface area contributed by atoms with Crippen molar-refractivity contribution in [3.8, 4) is 5.75 Å². The highest BCUT2D eigenvalue weighted by molar-refractivity contribution is 6.00. The van der Waals surface area contributed by atoms with Gasteiger partial charge in [0.05, 0.1) is 12.6 Å². The quantitative estimate of drug-likeness (QED) is 0.728. The predicted octanol–water partition coefficient (Wildman–Crippen LogP) is 1.33. The van der Waals surface area contributed by atoms with Crippen molar-refractivity contribution < 1.29 is 14.6 Å². The zero-order valence-corrected chi connectivity index (χ0v) is 9.40. The number of benzene rings is 1. The van der Waals surface area contributed by atoms with Gasteiger partial charge < -0.3 is 14.8 Å². The van der Waals surface area contributed by atoms with Gasteiger partial charge in [0, 0.05) is 5.39 Å². The number of methoxy groups -OCH3 is 1. The van der Waals surface area contributed by atoms with Gasteiger partial charge >= 0.3 is 5.97 Å². The highest BCUT2D eigenvalue weighted by Crippen LogP contribution is 2.27. The maximum atomic E-state index is 11.6. The average Bonchev–Trinajstić information content (AvgIpc) is 2.28. The number of aromatic nitrogens is 1. The fraction of sp³-hybridized carbons (Fsp3) is 0.167. The van der Waals surface area contributed by atoms with Crippen LogP contribution in [-0.4, -0.2) is 23.2 Å². The van der Waals surface area contributed by atoms with Gasteiger partial charge in [-0.15, -0.1) is 0 Å². The molecule has 0 atom stereocenters. The SMILES string of the molecule is COC(=O)c1c(O)c2c(C)cccc2[nH]c1=O. The van der Waals surface area contributed by atoms with E-state index in [9.17, 15) is 14.7 Å². The molecule has 0 aliphatic rings. The zero-order chi connectivity index (χ0) is 12.6. The van der Waals surface area contributed by atoms with Crippen LogP contribution in [0.5, 0.6) is 5.75 Å². The third-order valence-corrected chi connectivity index (χ3v) is 2.61. The molecule has 88 valence electrons. The van der Waals surface area contributed by atoms with E-state index in [1.54, 1.807) is 25.1 Å². The number of aromatic amines is 1. The molecule has 1 aromatic carbocycles. The number of carbonyl (C=O) groups is 1. The molecule has 1 heterocycles. The molecular weight excluding hydrogens is 222 g/mol. The summed E-state index contributed by atoms with van der Waals surface area (Å²) in [5.41, 5.74) is 0.225. The van der Waals surface area contributed by atoms with Gasteiger partial charge in [-0.2, -0.15) is 0 Å². The molecule has 0 bridgehead atoms. The second kappa shape index (κ2) is 3.93. The Bertz CT molecular complexity index is 657. The van der Waals surface area contributed by atoms with Crippen LogP contribution in [0.1, 0.15) is 15.9 Å². The Balaban J connectivity index is 2.93. The summed E-state index contributed by atoms with van der Waals surface area (Å²) in [7, 11) is 1.16. The highest BCUT2D eigenvalue weighted by Gasteiger charge is 2.20. The smallest absolute Gasteiger partial charge is 0.347 e. The lowest BCUT2D eigenvalue weighted by Gasteiger charge is -2.07. The lowest BCUT2D eigenvalue weighted by Crippen LogP contribution is -2.19. The second-order valence-electron chi connectivity index (χ2n) is 3.67. The molecule has 0 spiro atoms. The normalized spacial score (nSPS) is 10.5. The minimum Gasteiger partial charge on any atom is -0.506 e. The van der Waals surface area contributed by atoms with Crippen molar-refractivity contribution in [1.82, 2.24) is 4.98 Å². The van der Waals surface area contributed by atoms with Crippen molar-refractivity contribution >= 4 is 16.9 Å². The number of pyridine rings is 1. The van der Waals surface area contributed by atoms with Crippen LogP contribution in [0.3, 0.4) is 0 Å². The molecular formula is C12H11NO4. The minimum atomic E-state index is -0.853. The number of fused-ring (bicyclic) bond motifs is 1. The molecule has 2 aromatic rings. The largest absolute Gasteiger partial charge is 0.506 e. The van der Waals surface area contributed by atoms with Gasteiger partial charge in [0.2, 0.25) is 0 Å². The predicted molar refractivity (Wildman–Crippen MR) is 62.3 cm³/mol. The monoisotopic (exact) mass is 233 g/mol. The third-order valence-electron chi connectivity index (χ3n) is 2.61. The number of nitrogens with one attached hydrogen (secondary N) is 1. The van der Waals surface area contributed by atoms with E-state index in [2.05, 4.69) is 9.72 Å². The molecule has 0 unspecified atom stereocenters. The van der Waals surface area contributed by atoms with Crippen LogP contribution in [0.15, 0.2) is 23.0 Å². The van der Waals surface area contributed by atoms with Gasteiger partial charge in [0.1, 0.15) is 5.75 Å². The summed E-state index contributed by atoms with van der Waals surface area (Å²) in [5.74, 6) is -1.19. The first-order valence-electron chi connectivity index (χ1n) is 4.99. The van der Waals surface area contributed by atoms with Crippen molar-refractivity contribution in [1.29, 1.82) is 0 Å². The molecule has 17 heavy (non-hydrogen) atoms. The van der Waals surface area contributed by atoms with Crippen LogP contribution in [0.2, 0.25) is 0 Å². The van der Waals surface area contributed by atoms with Crippen LogP contribution < -0.4 is 5.56 Å². The lowest BCUT2D eigenvalue weighted by molar-refractivity contribution is 0.0595. The van der Waals surface area contributed by atoms with Crippen LogP contribution in [0.4, 0.5) is 0 Å². The van der Waals surface area contributed by atoms with E-state index < -0.39 is 11.5 Å². The zero-order valence-electron chi connectivity index (χ0n) is 9.40. The number of hydrogen-bond acceptors (Lipinski definition) is 4. The van der Waals surface area contributed by atoms with Gasteiger partial charge in [-0.3, -0.25) is 4.79 Å². The third kappa shape index (κ3) is 1.65. The lowest BCUT2D eigenvalue weighted by atomic mass is 10.1. The summed E-state index contributed by atoms with van der Waals surface area (Å²) < 4.78 is 4.47. The molecule has 0 amide bonds. The summed E-state index contributed by atoms with van der Waals surface area (Å²) in [6, 6.07) is 5.19. The average molecular weight is 233 g/mol. The Morgan fingerprint density at radius 1 is 1.41 bits per heavy atom. The molecule has 1 aromatic heterocycles. The number of ether oxygens (including phenoxy) is 1. The summed E-state index contributed by atoms with van der Waals surface area (Å²) in [6.07, 6.45) is 0. The Hall–Kier alpha value is -2.30. The first kappa shape index (κ1) is 11.2. The van der Waals surface area contributed by atoms with E-state index >= 15 is 0 Å². The molecule has 0 saturated carbocycles. The number of hydrogen-bond donors (Lipinski definition) is 2. The van der Waals surface area contributed by atoms with E-state index in [1.165, 1.54) is 0 Å². The van der Waals surface area contributed by atoms with E-state index in [4.69, 9.17) is 0 Å². The van der Waals surface area contributed by atoms with Crippen LogP contribution in [0.25, 0.3) is 10.9 Å². The Morgan fingerprint density at radius 2 is 2.12 bits per heavy atom. The van der Waals surface area contributed by atoms with E-state index in [-0.39, 0.29) is 11.3 Å². The molecule has 5 heteroatoms. The van der Waals surface area contributed by atoms with Crippen molar-refractivity contribution in [2.75, 3.05) is 7.11 Å². The van der Waals surface area contributed by atoms with Crippen LogP contribution >= 0.6 is 0 Å². The number of rotatable bonds is 1. The van der Waals surface area contributed by atoms with Gasteiger partial charge in [-0.25, -0.2) is 4.79 Å². The topological polar surface area (TPSA) is 79.4 Å². The second-order valence-corrected chi connectivity index (χ2v) is 3.67. The Kier molecular flexibility index (Phi) is 2.59. The first-order chi connectivity index (χ1) is 8.06. The van der Waals surface area contributed by atoms with E-state index in [0.717, 1.165) is 12.7 Å². The Morgan fingerprint density at radius 3 is 2.76 bits per heavy atom. The van der Waals surface area contributed by atoms with Crippen molar-refractivity contribution in [2.45, 2.75) is 6.92 Å². The number of esters is 1. The van der Waals surface area contributed by atoms with E-state index in [1.807, 2.05) is 0 Å². The molecule has 2 rings (SSSR count). The molecule has 5 nitrogen and oxygen atoms in total. The first-order valence-corrected chi connectivity index (χ1v) is 4.99. The molecule has 0 aliphatic heterocycles. The van der Waals surface area contributed by atoms with Crippen molar-refractivity contribution in [3.05, 3.63) is 39.7 Å². The van der Waals surface area contributed by atoms with Crippen molar-refractivity contribution in [3.63, 3.8) is 0 Å². The molecule has 2 N–H and O–H groups in total. The fourth-order valence-corrected chi connectivity index (χ4v) is 1.80. The molecule has 0 radical (unpaired) electrons. The molecule has 0 saturated heterocycles.